The predicted octanol–water partition coefficient (Wildman–Crippen LogP) is 5.17. The third kappa shape index (κ3) is 4.02. The maximum absolute atomic E-state index is 6.45. The Morgan fingerprint density at radius 3 is 2.83 bits per heavy atom. The van der Waals surface area contributed by atoms with Crippen molar-refractivity contribution in [3.05, 3.63) is 75.0 Å². The van der Waals surface area contributed by atoms with E-state index < -0.39 is 0 Å². The number of aromatic nitrogens is 2. The molecule has 2 aromatic heterocycles. The van der Waals surface area contributed by atoms with E-state index in [0.29, 0.717) is 13.2 Å². The predicted molar refractivity (Wildman–Crippen MR) is 95.0 cm³/mol. The summed E-state index contributed by atoms with van der Waals surface area (Å²) in [5.41, 5.74) is 3.39. The number of benzene rings is 1. The zero-order valence-electron chi connectivity index (χ0n) is 13.2. The van der Waals surface area contributed by atoms with Crippen LogP contribution in [0, 0.1) is 13.8 Å². The third-order valence-electron chi connectivity index (χ3n) is 3.84. The van der Waals surface area contributed by atoms with Gasteiger partial charge in [0.2, 0.25) is 0 Å². The van der Waals surface area contributed by atoms with Crippen molar-refractivity contribution in [1.29, 1.82) is 0 Å². The molecule has 3 rings (SSSR count). The van der Waals surface area contributed by atoms with Crippen LogP contribution in [0.5, 0.6) is 0 Å². The smallest absolute Gasteiger partial charge is 0.102 e. The van der Waals surface area contributed by atoms with E-state index in [1.54, 1.807) is 23.9 Å². The van der Waals surface area contributed by atoms with Crippen LogP contribution in [0.15, 0.2) is 48.4 Å². The average molecular weight is 347 g/mol. The number of imidazole rings is 1. The van der Waals surface area contributed by atoms with Gasteiger partial charge in [-0.25, -0.2) is 4.98 Å². The van der Waals surface area contributed by atoms with E-state index in [9.17, 15) is 0 Å². The summed E-state index contributed by atoms with van der Waals surface area (Å²) in [6, 6.07) is 8.23. The van der Waals surface area contributed by atoms with Crippen molar-refractivity contribution < 1.29 is 4.74 Å². The molecule has 0 aliphatic heterocycles. The van der Waals surface area contributed by atoms with Crippen molar-refractivity contribution in [2.45, 2.75) is 33.1 Å². The highest BCUT2D eigenvalue weighted by molar-refractivity contribution is 7.10. The Balaban J connectivity index is 1.82. The zero-order chi connectivity index (χ0) is 16.2. The fraction of sp³-hybridized carbons (Fsp3) is 0.278. The molecule has 120 valence electrons. The highest BCUT2D eigenvalue weighted by Gasteiger charge is 2.17. The molecule has 0 amide bonds. The Kier molecular flexibility index (Phi) is 5.16. The van der Waals surface area contributed by atoms with Gasteiger partial charge in [-0.15, -0.1) is 11.3 Å². The summed E-state index contributed by atoms with van der Waals surface area (Å²) >= 11 is 8.19. The van der Waals surface area contributed by atoms with Crippen molar-refractivity contribution in [3.8, 4) is 0 Å². The number of rotatable bonds is 6. The monoisotopic (exact) mass is 346 g/mol. The van der Waals surface area contributed by atoms with Crippen molar-refractivity contribution in [3.63, 3.8) is 0 Å². The molecule has 1 atom stereocenters. The number of hydrogen-bond donors (Lipinski definition) is 0. The number of aryl methyl sites for hydroxylation is 2. The average Bonchev–Trinajstić information content (AvgIpc) is 3.16. The van der Waals surface area contributed by atoms with Crippen molar-refractivity contribution in [2.75, 3.05) is 0 Å². The number of ether oxygens (including phenoxy) is 1. The lowest BCUT2D eigenvalue weighted by Gasteiger charge is -2.20. The summed E-state index contributed by atoms with van der Waals surface area (Å²) in [6.45, 7) is 5.42. The van der Waals surface area contributed by atoms with E-state index in [1.807, 2.05) is 23.8 Å². The molecule has 0 fully saturated rings. The molecule has 1 unspecified atom stereocenters. The lowest BCUT2D eigenvalue weighted by atomic mass is 10.1. The lowest BCUT2D eigenvalue weighted by molar-refractivity contribution is 0.0280. The maximum atomic E-state index is 6.45. The quantitative estimate of drug-likeness (QED) is 0.615. The zero-order valence-corrected chi connectivity index (χ0v) is 14.8. The molecule has 2 heterocycles. The maximum Gasteiger partial charge on any atom is 0.102 e. The van der Waals surface area contributed by atoms with Crippen LogP contribution < -0.4 is 0 Å². The molecule has 0 radical (unpaired) electrons. The van der Waals surface area contributed by atoms with Gasteiger partial charge in [0.1, 0.15) is 6.10 Å². The minimum Gasteiger partial charge on any atom is -0.367 e. The van der Waals surface area contributed by atoms with E-state index in [4.69, 9.17) is 16.3 Å². The van der Waals surface area contributed by atoms with Crippen LogP contribution in [0.2, 0.25) is 5.02 Å². The van der Waals surface area contributed by atoms with E-state index in [-0.39, 0.29) is 6.10 Å². The van der Waals surface area contributed by atoms with Gasteiger partial charge in [0.15, 0.2) is 0 Å². The Labute approximate surface area is 145 Å². The highest BCUT2D eigenvalue weighted by Crippen LogP contribution is 2.29. The van der Waals surface area contributed by atoms with Crippen LogP contribution in [0.1, 0.15) is 27.7 Å². The van der Waals surface area contributed by atoms with E-state index in [1.165, 1.54) is 10.4 Å². The van der Waals surface area contributed by atoms with Crippen molar-refractivity contribution >= 4 is 22.9 Å². The summed E-state index contributed by atoms with van der Waals surface area (Å²) in [6.07, 6.45) is 5.40. The number of hydrogen-bond acceptors (Lipinski definition) is 3. The summed E-state index contributed by atoms with van der Waals surface area (Å²) in [5.74, 6) is 0. The molecule has 3 aromatic rings. The van der Waals surface area contributed by atoms with Gasteiger partial charge < -0.3 is 9.30 Å². The molecule has 0 saturated heterocycles. The number of thiophene rings is 1. The normalized spacial score (nSPS) is 12.5. The van der Waals surface area contributed by atoms with Crippen molar-refractivity contribution in [2.24, 2.45) is 0 Å². The molecule has 0 aliphatic rings. The Bertz CT molecular complexity index is 767. The first-order valence-corrected chi connectivity index (χ1v) is 8.75. The van der Waals surface area contributed by atoms with E-state index >= 15 is 0 Å². The molecule has 0 saturated carbocycles. The minimum atomic E-state index is -0.114. The fourth-order valence-electron chi connectivity index (χ4n) is 2.47. The minimum absolute atomic E-state index is 0.114. The van der Waals surface area contributed by atoms with Gasteiger partial charge in [-0.05, 0) is 42.5 Å². The van der Waals surface area contributed by atoms with Crippen LogP contribution in [0.4, 0.5) is 0 Å². The second-order valence-corrected chi connectivity index (χ2v) is 7.11. The van der Waals surface area contributed by atoms with Gasteiger partial charge >= 0.3 is 0 Å². The van der Waals surface area contributed by atoms with Crippen LogP contribution in [0.25, 0.3) is 0 Å². The van der Waals surface area contributed by atoms with E-state index in [2.05, 4.69) is 35.5 Å². The second kappa shape index (κ2) is 7.30. The van der Waals surface area contributed by atoms with Gasteiger partial charge in [0.05, 0.1) is 19.5 Å². The molecule has 5 heteroatoms. The third-order valence-corrected chi connectivity index (χ3v) is 5.06. The summed E-state index contributed by atoms with van der Waals surface area (Å²) < 4.78 is 8.24. The molecule has 23 heavy (non-hydrogen) atoms. The molecule has 0 aliphatic carbocycles. The van der Waals surface area contributed by atoms with Gasteiger partial charge in [-0.3, -0.25) is 0 Å². The fourth-order valence-corrected chi connectivity index (χ4v) is 3.54. The van der Waals surface area contributed by atoms with Crippen LogP contribution in [-0.4, -0.2) is 9.55 Å². The SMILES string of the molecule is Cc1ccc(C(Cn2ccnc2)OCc2ccsc2C)c(Cl)c1. The first-order valence-electron chi connectivity index (χ1n) is 7.50. The molecular weight excluding hydrogens is 328 g/mol. The second-order valence-electron chi connectivity index (χ2n) is 5.59. The lowest BCUT2D eigenvalue weighted by Crippen LogP contribution is -2.12. The number of nitrogens with zero attached hydrogens (tertiary/aromatic N) is 2. The molecule has 3 nitrogen and oxygen atoms in total. The Morgan fingerprint density at radius 1 is 1.30 bits per heavy atom. The molecule has 0 N–H and O–H groups in total. The van der Waals surface area contributed by atoms with Gasteiger partial charge in [0.25, 0.3) is 0 Å². The first kappa shape index (κ1) is 16.2. The topological polar surface area (TPSA) is 27.1 Å². The van der Waals surface area contributed by atoms with Gasteiger partial charge in [0, 0.05) is 27.9 Å². The summed E-state index contributed by atoms with van der Waals surface area (Å²) in [5, 5.41) is 2.84. The van der Waals surface area contributed by atoms with Crippen LogP contribution in [0.3, 0.4) is 0 Å². The number of halogens is 1. The van der Waals surface area contributed by atoms with Crippen molar-refractivity contribution in [1.82, 2.24) is 9.55 Å². The highest BCUT2D eigenvalue weighted by atomic mass is 35.5. The van der Waals surface area contributed by atoms with Crippen LogP contribution in [-0.2, 0) is 17.9 Å². The standard InChI is InChI=1S/C18H19ClN2OS/c1-13-3-4-16(17(19)9-13)18(10-21-7-6-20-12-21)22-11-15-5-8-23-14(15)2/h3-9,12,18H,10-11H2,1-2H3. The summed E-state index contributed by atoms with van der Waals surface area (Å²) in [7, 11) is 0. The Hall–Kier alpha value is -1.62. The summed E-state index contributed by atoms with van der Waals surface area (Å²) in [4.78, 5) is 5.40. The molecule has 0 spiro atoms. The van der Waals surface area contributed by atoms with Gasteiger partial charge in [-0.2, -0.15) is 0 Å². The van der Waals surface area contributed by atoms with Gasteiger partial charge in [-0.1, -0.05) is 23.7 Å². The van der Waals surface area contributed by atoms with E-state index in [0.717, 1.165) is 16.1 Å². The van der Waals surface area contributed by atoms with Crippen LogP contribution >= 0.6 is 22.9 Å². The molecular formula is C18H19ClN2OS. The molecule has 1 aromatic carbocycles. The molecule has 0 bridgehead atoms. The largest absolute Gasteiger partial charge is 0.367 e. The Morgan fingerprint density at radius 2 is 2.17 bits per heavy atom. The first-order chi connectivity index (χ1) is 11.1.